The Kier molecular flexibility index (Phi) is 5.01. The molecule has 1 rings (SSSR count). The van der Waals surface area contributed by atoms with E-state index in [4.69, 9.17) is 9.47 Å². The Bertz CT molecular complexity index is 175. The van der Waals surface area contributed by atoms with Crippen LogP contribution in [0.2, 0.25) is 0 Å². The average molecular weight is 315 g/mol. The number of ether oxygens (including phenoxy) is 2. The third-order valence-electron chi connectivity index (χ3n) is 2.15. The second kappa shape index (κ2) is 5.57. The van der Waals surface area contributed by atoms with Gasteiger partial charge in [0.1, 0.15) is 18.3 Å². The summed E-state index contributed by atoms with van der Waals surface area (Å²) in [5.74, 6) is 0. The van der Waals surface area contributed by atoms with Crippen LogP contribution in [0.5, 0.6) is 0 Å². The average Bonchev–Trinajstić information content (AvgIpc) is 2.19. The Morgan fingerprint density at radius 2 is 1.86 bits per heavy atom. The van der Waals surface area contributed by atoms with Crippen molar-refractivity contribution in [1.29, 1.82) is 0 Å². The Labute approximate surface area is 96.2 Å². The summed E-state index contributed by atoms with van der Waals surface area (Å²) in [4.78, 5) is 0. The van der Waals surface area contributed by atoms with Crippen molar-refractivity contribution in [2.45, 2.75) is 37.6 Å². The molecule has 1 aliphatic rings. The van der Waals surface area contributed by atoms with Crippen LogP contribution < -0.4 is 0 Å². The molecule has 0 aromatic carbocycles. The van der Waals surface area contributed by atoms with E-state index in [2.05, 4.69) is 0 Å². The van der Waals surface area contributed by atoms with Gasteiger partial charge in [-0.3, -0.25) is 0 Å². The van der Waals surface area contributed by atoms with Gasteiger partial charge in [0.2, 0.25) is 0 Å². The first kappa shape index (κ1) is 12.6. The maximum Gasteiger partial charge on any atom is 0.186 e. The molecule has 3 N–H and O–H groups in total. The van der Waals surface area contributed by atoms with Crippen LogP contribution in [0.1, 0.15) is 6.92 Å². The second-order valence-corrected chi connectivity index (χ2v) is 4.01. The number of hydrogen-bond donors (Lipinski definition) is 3. The summed E-state index contributed by atoms with van der Waals surface area (Å²) in [6.45, 7) is 2.16. The SMILES string of the molecule is CCOC1O[C@H](C[124I])[C@@H](O)[C@H](O)[C@@H]1O. The van der Waals surface area contributed by atoms with Crippen LogP contribution in [0, 0.1) is 0 Å². The molecular weight excluding hydrogens is 300 g/mol. The highest BCUT2D eigenvalue weighted by atomic mass is 124. The summed E-state index contributed by atoms with van der Waals surface area (Å²) in [6, 6.07) is 0. The summed E-state index contributed by atoms with van der Waals surface area (Å²) in [5, 5.41) is 28.5. The van der Waals surface area contributed by atoms with Gasteiger partial charge in [-0.1, -0.05) is 22.6 Å². The third-order valence-corrected chi connectivity index (χ3v) is 3.02. The molecule has 0 saturated carbocycles. The minimum Gasteiger partial charge on any atom is -0.388 e. The molecule has 0 spiro atoms. The smallest absolute Gasteiger partial charge is 0.186 e. The zero-order chi connectivity index (χ0) is 10.7. The minimum absolute atomic E-state index is 0.387. The lowest BCUT2D eigenvalue weighted by molar-refractivity contribution is -0.290. The third kappa shape index (κ3) is 2.56. The van der Waals surface area contributed by atoms with Crippen LogP contribution >= 0.6 is 22.6 Å². The number of rotatable bonds is 3. The number of halogens is 1. The molecule has 0 aromatic rings. The van der Waals surface area contributed by atoms with Gasteiger partial charge in [0.05, 0.1) is 6.10 Å². The fraction of sp³-hybridized carbons (Fsp3) is 1.00. The first-order valence-electron chi connectivity index (χ1n) is 4.49. The zero-order valence-corrected chi connectivity index (χ0v) is 9.99. The van der Waals surface area contributed by atoms with Gasteiger partial charge in [-0.2, -0.15) is 0 Å². The van der Waals surface area contributed by atoms with Crippen LogP contribution in [0.3, 0.4) is 0 Å². The first-order chi connectivity index (χ1) is 6.61. The number of hydrogen-bond acceptors (Lipinski definition) is 5. The van der Waals surface area contributed by atoms with Gasteiger partial charge in [0.25, 0.3) is 0 Å². The lowest BCUT2D eigenvalue weighted by Crippen LogP contribution is -2.58. The van der Waals surface area contributed by atoms with Gasteiger partial charge in [0.15, 0.2) is 6.29 Å². The van der Waals surface area contributed by atoms with Crippen LogP contribution in [-0.2, 0) is 9.47 Å². The van der Waals surface area contributed by atoms with Gasteiger partial charge in [-0.05, 0) is 6.92 Å². The molecule has 0 aliphatic carbocycles. The standard InChI is InChI=1S/C8H15IO5/c1-2-13-8-7(12)6(11)5(10)4(3-9)14-8/h4-8,10-12H,2-3H2,1H3/t4-,5-,6+,7+,8?/m1/s1/i9-3. The van der Waals surface area contributed by atoms with Crippen molar-refractivity contribution in [3.63, 3.8) is 0 Å². The van der Waals surface area contributed by atoms with Crippen LogP contribution in [0.4, 0.5) is 0 Å². The number of alkyl halides is 1. The molecular formula is C8H15IO5. The van der Waals surface area contributed by atoms with Gasteiger partial charge in [-0.15, -0.1) is 0 Å². The van der Waals surface area contributed by atoms with Gasteiger partial charge in [-0.25, -0.2) is 0 Å². The highest BCUT2D eigenvalue weighted by Gasteiger charge is 2.43. The zero-order valence-electron chi connectivity index (χ0n) is 7.84. The predicted octanol–water partition coefficient (Wildman–Crippen LogP) is -0.734. The van der Waals surface area contributed by atoms with Crippen molar-refractivity contribution < 1.29 is 24.8 Å². The maximum absolute atomic E-state index is 9.50. The molecule has 5 atom stereocenters. The van der Waals surface area contributed by atoms with E-state index in [9.17, 15) is 15.3 Å². The van der Waals surface area contributed by atoms with E-state index in [1.807, 2.05) is 22.6 Å². The Hall–Kier alpha value is 0.530. The molecule has 5 nitrogen and oxygen atoms in total. The van der Waals surface area contributed by atoms with E-state index in [1.54, 1.807) is 6.92 Å². The molecule has 0 aromatic heterocycles. The molecule has 1 fully saturated rings. The molecule has 1 heterocycles. The maximum atomic E-state index is 9.50. The van der Waals surface area contributed by atoms with Crippen molar-refractivity contribution in [2.24, 2.45) is 0 Å². The van der Waals surface area contributed by atoms with Crippen molar-refractivity contribution in [3.05, 3.63) is 0 Å². The number of aliphatic hydroxyl groups excluding tert-OH is 3. The summed E-state index contributed by atoms with van der Waals surface area (Å²) in [5.41, 5.74) is 0. The molecule has 0 radical (unpaired) electrons. The Balaban J connectivity index is 2.63. The van der Waals surface area contributed by atoms with Crippen molar-refractivity contribution in [1.82, 2.24) is 0 Å². The van der Waals surface area contributed by atoms with Gasteiger partial charge in [0, 0.05) is 11.0 Å². The van der Waals surface area contributed by atoms with E-state index < -0.39 is 30.7 Å². The quantitative estimate of drug-likeness (QED) is 0.473. The van der Waals surface area contributed by atoms with Crippen molar-refractivity contribution in [2.75, 3.05) is 11.0 Å². The van der Waals surface area contributed by atoms with Crippen molar-refractivity contribution in [3.8, 4) is 0 Å². The second-order valence-electron chi connectivity index (χ2n) is 3.12. The lowest BCUT2D eigenvalue weighted by atomic mass is 10.0. The highest BCUT2D eigenvalue weighted by molar-refractivity contribution is 14.1. The predicted molar refractivity (Wildman–Crippen MR) is 57.2 cm³/mol. The van der Waals surface area contributed by atoms with E-state index in [1.165, 1.54) is 0 Å². The van der Waals surface area contributed by atoms with Gasteiger partial charge < -0.3 is 24.8 Å². The highest BCUT2D eigenvalue weighted by Crippen LogP contribution is 2.23. The molecule has 14 heavy (non-hydrogen) atoms. The van der Waals surface area contributed by atoms with Gasteiger partial charge >= 0.3 is 0 Å². The molecule has 1 saturated heterocycles. The molecule has 84 valence electrons. The fourth-order valence-electron chi connectivity index (χ4n) is 1.35. The van der Waals surface area contributed by atoms with Crippen LogP contribution in [-0.4, -0.2) is 57.1 Å². The van der Waals surface area contributed by atoms with E-state index in [-0.39, 0.29) is 0 Å². The monoisotopic (exact) mass is 315 g/mol. The summed E-state index contributed by atoms with van der Waals surface area (Å²) < 4.78 is 10.9. The first-order valence-corrected chi connectivity index (χ1v) is 6.01. The minimum atomic E-state index is -1.21. The van der Waals surface area contributed by atoms with Crippen LogP contribution in [0.25, 0.3) is 0 Å². The van der Waals surface area contributed by atoms with E-state index in [0.717, 1.165) is 0 Å². The Morgan fingerprint density at radius 3 is 2.36 bits per heavy atom. The molecule has 1 unspecified atom stereocenters. The summed E-state index contributed by atoms with van der Waals surface area (Å²) >= 11 is 2.04. The fourth-order valence-corrected chi connectivity index (χ4v) is 2.07. The largest absolute Gasteiger partial charge is 0.388 e. The molecule has 6 heteroatoms. The van der Waals surface area contributed by atoms with Crippen molar-refractivity contribution >= 4 is 22.6 Å². The topological polar surface area (TPSA) is 79.2 Å². The summed E-state index contributed by atoms with van der Waals surface area (Å²) in [7, 11) is 0. The molecule has 0 bridgehead atoms. The van der Waals surface area contributed by atoms with Crippen LogP contribution in [0.15, 0.2) is 0 Å². The Morgan fingerprint density at radius 1 is 1.21 bits per heavy atom. The summed E-state index contributed by atoms with van der Waals surface area (Å²) in [6.07, 6.45) is -4.80. The van der Waals surface area contributed by atoms with E-state index in [0.29, 0.717) is 11.0 Å². The molecule has 1 aliphatic heterocycles. The number of aliphatic hydroxyl groups is 3. The lowest BCUT2D eigenvalue weighted by Gasteiger charge is -2.39. The van der Waals surface area contributed by atoms with E-state index >= 15 is 0 Å². The normalized spacial score (nSPS) is 43.9. The molecule has 0 amide bonds.